The van der Waals surface area contributed by atoms with Gasteiger partial charge in [0.15, 0.2) is 11.5 Å². The minimum atomic E-state index is -0.689. The molecule has 2 aromatic rings. The van der Waals surface area contributed by atoms with Crippen LogP contribution in [0.5, 0.6) is 17.2 Å². The summed E-state index contributed by atoms with van der Waals surface area (Å²) in [6.07, 6.45) is 4.96. The largest absolute Gasteiger partial charge is 0.486 e. The lowest BCUT2D eigenvalue weighted by Gasteiger charge is -2.40. The molecule has 4 rings (SSSR count). The zero-order chi connectivity index (χ0) is 21.8. The van der Waals surface area contributed by atoms with E-state index in [1.165, 1.54) is 6.42 Å². The number of fused-ring (bicyclic) bond motifs is 1. The predicted molar refractivity (Wildman–Crippen MR) is 118 cm³/mol. The number of aliphatic hydroxyl groups is 1. The average Bonchev–Trinajstić information content (AvgIpc) is 2.78. The molecule has 1 saturated carbocycles. The van der Waals surface area contributed by atoms with Gasteiger partial charge in [-0.3, -0.25) is 0 Å². The van der Waals surface area contributed by atoms with E-state index in [-0.39, 0.29) is 5.92 Å². The van der Waals surface area contributed by atoms with Crippen molar-refractivity contribution in [3.63, 3.8) is 0 Å². The van der Waals surface area contributed by atoms with Crippen LogP contribution in [0.4, 0.5) is 0 Å². The van der Waals surface area contributed by atoms with Gasteiger partial charge in [0.05, 0.1) is 11.2 Å². The molecule has 2 aromatic carbocycles. The van der Waals surface area contributed by atoms with Gasteiger partial charge in [-0.1, -0.05) is 31.4 Å². The molecule has 0 aromatic heterocycles. The van der Waals surface area contributed by atoms with Crippen LogP contribution in [0.25, 0.3) is 0 Å². The number of likely N-dealkylation sites (N-methyl/N-ethyl adjacent to an activating group) is 1. The highest BCUT2D eigenvalue weighted by molar-refractivity contribution is 5.91. The highest BCUT2D eigenvalue weighted by Gasteiger charge is 2.38. The highest BCUT2D eigenvalue weighted by Crippen LogP contribution is 2.40. The van der Waals surface area contributed by atoms with E-state index in [2.05, 4.69) is 4.90 Å². The number of rotatable bonds is 6. The van der Waals surface area contributed by atoms with Crippen molar-refractivity contribution in [1.29, 1.82) is 0 Å². The molecule has 0 saturated heterocycles. The molecule has 1 aliphatic carbocycles. The Hall–Kier alpha value is -2.57. The molecular formula is C25H31NO5. The maximum atomic E-state index is 12.6. The predicted octanol–water partition coefficient (Wildman–Crippen LogP) is 4.02. The third-order valence-electron chi connectivity index (χ3n) is 6.19. The topological polar surface area (TPSA) is 68.2 Å². The molecule has 1 fully saturated rings. The van der Waals surface area contributed by atoms with Gasteiger partial charge < -0.3 is 24.2 Å². The number of esters is 1. The van der Waals surface area contributed by atoms with Gasteiger partial charge >= 0.3 is 5.97 Å². The monoisotopic (exact) mass is 425 g/mol. The number of hydrogen-bond acceptors (Lipinski definition) is 6. The minimum absolute atomic E-state index is 0.0188. The summed E-state index contributed by atoms with van der Waals surface area (Å²) in [6.45, 7) is 1.74. The molecule has 166 valence electrons. The van der Waals surface area contributed by atoms with Gasteiger partial charge in [-0.15, -0.1) is 0 Å². The fraction of sp³-hybridized carbons (Fsp3) is 0.480. The van der Waals surface area contributed by atoms with Crippen LogP contribution in [0, 0.1) is 0 Å². The maximum Gasteiger partial charge on any atom is 0.343 e. The third-order valence-corrected chi connectivity index (χ3v) is 6.19. The first-order chi connectivity index (χ1) is 14.9. The quantitative estimate of drug-likeness (QED) is 0.557. The van der Waals surface area contributed by atoms with Gasteiger partial charge in [-0.2, -0.15) is 0 Å². The molecule has 6 nitrogen and oxygen atoms in total. The zero-order valence-electron chi connectivity index (χ0n) is 18.3. The van der Waals surface area contributed by atoms with E-state index in [0.29, 0.717) is 36.0 Å². The van der Waals surface area contributed by atoms with Crippen molar-refractivity contribution in [2.24, 2.45) is 0 Å². The standard InChI is InChI=1S/C25H31NO5/c1-26(2)17-21(25(28)12-4-3-5-13-25)18-6-9-20(10-7-18)31-24(27)19-8-11-22-23(16-19)30-15-14-29-22/h6-11,16,21,28H,3-5,12-15,17H2,1-2H3. The van der Waals surface area contributed by atoms with E-state index in [1.54, 1.807) is 30.3 Å². The van der Waals surface area contributed by atoms with Crippen molar-refractivity contribution in [1.82, 2.24) is 4.90 Å². The van der Waals surface area contributed by atoms with Crippen molar-refractivity contribution in [2.45, 2.75) is 43.6 Å². The summed E-state index contributed by atoms with van der Waals surface area (Å²) >= 11 is 0. The molecule has 0 amide bonds. The number of nitrogens with zero attached hydrogens (tertiary/aromatic N) is 1. The Bertz CT molecular complexity index is 903. The second-order valence-electron chi connectivity index (χ2n) is 8.80. The number of ether oxygens (including phenoxy) is 3. The van der Waals surface area contributed by atoms with Gasteiger partial charge in [-0.05, 0) is 62.8 Å². The summed E-state index contributed by atoms with van der Waals surface area (Å²) in [5.41, 5.74) is 0.791. The number of hydrogen-bond donors (Lipinski definition) is 1. The first-order valence-corrected chi connectivity index (χ1v) is 11.0. The van der Waals surface area contributed by atoms with E-state index in [1.807, 2.05) is 26.2 Å². The van der Waals surface area contributed by atoms with Crippen molar-refractivity contribution in [3.05, 3.63) is 53.6 Å². The average molecular weight is 426 g/mol. The van der Waals surface area contributed by atoms with Gasteiger partial charge in [0.2, 0.25) is 0 Å². The summed E-state index contributed by atoms with van der Waals surface area (Å²) in [4.78, 5) is 14.7. The fourth-order valence-electron chi connectivity index (χ4n) is 4.57. The molecular weight excluding hydrogens is 394 g/mol. The lowest BCUT2D eigenvalue weighted by atomic mass is 9.72. The number of carbonyl (C=O) groups excluding carboxylic acids is 1. The van der Waals surface area contributed by atoms with Gasteiger partial charge in [0, 0.05) is 12.5 Å². The normalized spacial score (nSPS) is 18.5. The molecule has 0 bridgehead atoms. The van der Waals surface area contributed by atoms with E-state index in [0.717, 1.165) is 37.8 Å². The summed E-state index contributed by atoms with van der Waals surface area (Å²) < 4.78 is 16.6. The molecule has 0 spiro atoms. The summed E-state index contributed by atoms with van der Waals surface area (Å²) in [5, 5.41) is 11.4. The van der Waals surface area contributed by atoms with Gasteiger partial charge in [-0.25, -0.2) is 4.79 Å². The van der Waals surface area contributed by atoms with E-state index < -0.39 is 11.6 Å². The summed E-state index contributed by atoms with van der Waals surface area (Å²) in [7, 11) is 4.06. The smallest absolute Gasteiger partial charge is 0.343 e. The SMILES string of the molecule is CN(C)CC(c1ccc(OC(=O)c2ccc3c(c2)OCCO3)cc1)C1(O)CCCCC1. The molecule has 2 aliphatic rings. The van der Waals surface area contributed by atoms with E-state index in [4.69, 9.17) is 14.2 Å². The van der Waals surface area contributed by atoms with Crippen LogP contribution < -0.4 is 14.2 Å². The van der Waals surface area contributed by atoms with Crippen LogP contribution in [-0.2, 0) is 0 Å². The molecule has 1 unspecified atom stereocenters. The molecule has 0 radical (unpaired) electrons. The van der Waals surface area contributed by atoms with Crippen LogP contribution >= 0.6 is 0 Å². The molecule has 1 N–H and O–H groups in total. The molecule has 1 heterocycles. The lowest BCUT2D eigenvalue weighted by molar-refractivity contribution is -0.0277. The van der Waals surface area contributed by atoms with E-state index >= 15 is 0 Å². The Kier molecular flexibility index (Phi) is 6.49. The Morgan fingerprint density at radius 3 is 2.39 bits per heavy atom. The number of benzene rings is 2. The Morgan fingerprint density at radius 2 is 1.71 bits per heavy atom. The Balaban J connectivity index is 1.48. The zero-order valence-corrected chi connectivity index (χ0v) is 18.3. The minimum Gasteiger partial charge on any atom is -0.486 e. The summed E-state index contributed by atoms with van der Waals surface area (Å²) in [5.74, 6) is 1.25. The van der Waals surface area contributed by atoms with Crippen LogP contribution in [0.2, 0.25) is 0 Å². The number of carbonyl (C=O) groups is 1. The second kappa shape index (κ2) is 9.28. The van der Waals surface area contributed by atoms with Gasteiger partial charge in [0.1, 0.15) is 19.0 Å². The van der Waals surface area contributed by atoms with Crippen molar-refractivity contribution in [2.75, 3.05) is 33.9 Å². The third kappa shape index (κ3) is 5.02. The first-order valence-electron chi connectivity index (χ1n) is 11.0. The molecule has 31 heavy (non-hydrogen) atoms. The highest BCUT2D eigenvalue weighted by atomic mass is 16.6. The summed E-state index contributed by atoms with van der Waals surface area (Å²) in [6, 6.07) is 12.6. The van der Waals surface area contributed by atoms with Gasteiger partial charge in [0.25, 0.3) is 0 Å². The van der Waals surface area contributed by atoms with E-state index in [9.17, 15) is 9.90 Å². The van der Waals surface area contributed by atoms with Crippen LogP contribution in [0.1, 0.15) is 53.9 Å². The molecule has 6 heteroatoms. The van der Waals surface area contributed by atoms with Crippen molar-refractivity contribution < 1.29 is 24.1 Å². The fourth-order valence-corrected chi connectivity index (χ4v) is 4.57. The molecule has 1 atom stereocenters. The second-order valence-corrected chi connectivity index (χ2v) is 8.80. The lowest BCUT2D eigenvalue weighted by Crippen LogP contribution is -2.42. The van der Waals surface area contributed by atoms with Crippen LogP contribution in [0.15, 0.2) is 42.5 Å². The maximum absolute atomic E-state index is 12.6. The first kappa shape index (κ1) is 21.7. The van der Waals surface area contributed by atoms with Crippen molar-refractivity contribution >= 4 is 5.97 Å². The van der Waals surface area contributed by atoms with Crippen LogP contribution in [-0.4, -0.2) is 55.4 Å². The van der Waals surface area contributed by atoms with Crippen molar-refractivity contribution in [3.8, 4) is 17.2 Å². The molecule has 1 aliphatic heterocycles. The Labute approximate surface area is 183 Å². The Morgan fingerprint density at radius 1 is 1.03 bits per heavy atom. The van der Waals surface area contributed by atoms with Crippen LogP contribution in [0.3, 0.4) is 0 Å².